The van der Waals surface area contributed by atoms with Gasteiger partial charge in [-0.3, -0.25) is 4.90 Å². The lowest BCUT2D eigenvalue weighted by atomic mass is 10.1. The molecule has 0 spiro atoms. The molecule has 0 aromatic carbocycles. The molecule has 2 heterocycles. The van der Waals surface area contributed by atoms with E-state index in [4.69, 9.17) is 9.26 Å². The summed E-state index contributed by atoms with van der Waals surface area (Å²) in [5.41, 5.74) is -0.109. The molecule has 18 heavy (non-hydrogen) atoms. The van der Waals surface area contributed by atoms with E-state index in [0.29, 0.717) is 5.89 Å². The van der Waals surface area contributed by atoms with E-state index in [1.54, 1.807) is 0 Å². The first-order valence-corrected chi connectivity index (χ1v) is 6.58. The van der Waals surface area contributed by atoms with Crippen LogP contribution < -0.4 is 0 Å². The monoisotopic (exact) mass is 253 g/mol. The van der Waals surface area contributed by atoms with Crippen molar-refractivity contribution in [1.29, 1.82) is 0 Å². The predicted molar refractivity (Wildman–Crippen MR) is 68.3 cm³/mol. The summed E-state index contributed by atoms with van der Waals surface area (Å²) in [5, 5.41) is 4.04. The van der Waals surface area contributed by atoms with Gasteiger partial charge in [0.25, 0.3) is 0 Å². The quantitative estimate of drug-likeness (QED) is 0.826. The average Bonchev–Trinajstić information content (AvgIpc) is 2.62. The van der Waals surface area contributed by atoms with Gasteiger partial charge in [-0.2, -0.15) is 4.98 Å². The van der Waals surface area contributed by atoms with Crippen molar-refractivity contribution < 1.29 is 9.26 Å². The summed E-state index contributed by atoms with van der Waals surface area (Å²) in [6.07, 6.45) is 0.241. The van der Waals surface area contributed by atoms with E-state index in [2.05, 4.69) is 49.7 Å². The second-order valence-corrected chi connectivity index (χ2v) is 6.06. The van der Waals surface area contributed by atoms with Crippen molar-refractivity contribution in [2.75, 3.05) is 13.1 Å². The van der Waals surface area contributed by atoms with Crippen molar-refractivity contribution in [2.24, 2.45) is 0 Å². The Labute approximate surface area is 108 Å². The highest BCUT2D eigenvalue weighted by molar-refractivity contribution is 4.92. The second kappa shape index (κ2) is 4.97. The number of morpholine rings is 1. The van der Waals surface area contributed by atoms with Crippen LogP contribution in [0.2, 0.25) is 0 Å². The molecule has 1 fully saturated rings. The summed E-state index contributed by atoms with van der Waals surface area (Å²) in [6, 6.07) is 0. The van der Waals surface area contributed by atoms with Gasteiger partial charge >= 0.3 is 0 Å². The minimum absolute atomic E-state index is 0.109. The van der Waals surface area contributed by atoms with Gasteiger partial charge < -0.3 is 9.26 Å². The molecule has 5 nitrogen and oxygen atoms in total. The molecule has 1 aromatic rings. The molecule has 102 valence electrons. The molecule has 0 bridgehead atoms. The van der Waals surface area contributed by atoms with E-state index in [-0.39, 0.29) is 17.6 Å². The van der Waals surface area contributed by atoms with Crippen molar-refractivity contribution in [3.8, 4) is 0 Å². The van der Waals surface area contributed by atoms with Crippen LogP contribution in [0.15, 0.2) is 4.52 Å². The summed E-state index contributed by atoms with van der Waals surface area (Å²) < 4.78 is 11.1. The highest BCUT2D eigenvalue weighted by atomic mass is 16.5. The van der Waals surface area contributed by atoms with Crippen LogP contribution in [0.3, 0.4) is 0 Å². The number of nitrogens with zero attached hydrogens (tertiary/aromatic N) is 3. The average molecular weight is 253 g/mol. The predicted octanol–water partition coefficient (Wildman–Crippen LogP) is 2.19. The first-order chi connectivity index (χ1) is 8.35. The summed E-state index contributed by atoms with van der Waals surface area (Å²) in [7, 11) is 0. The smallest absolute Gasteiger partial charge is 0.229 e. The number of hydrogen-bond donors (Lipinski definition) is 0. The van der Waals surface area contributed by atoms with Gasteiger partial charge in [-0.1, -0.05) is 19.0 Å². The van der Waals surface area contributed by atoms with Gasteiger partial charge in [-0.15, -0.1) is 0 Å². The standard InChI is InChI=1S/C13H23N3O2/c1-9(2)12-14-11(15-18-12)7-16-6-10(3)17-13(4,5)8-16/h9-10H,6-8H2,1-5H3. The zero-order chi connectivity index (χ0) is 13.3. The third-order valence-corrected chi connectivity index (χ3v) is 2.98. The molecule has 0 amide bonds. The van der Waals surface area contributed by atoms with Crippen molar-refractivity contribution in [3.63, 3.8) is 0 Å². The van der Waals surface area contributed by atoms with E-state index in [1.165, 1.54) is 0 Å². The van der Waals surface area contributed by atoms with Crippen molar-refractivity contribution in [1.82, 2.24) is 15.0 Å². The highest BCUT2D eigenvalue weighted by Crippen LogP contribution is 2.22. The van der Waals surface area contributed by atoms with Gasteiger partial charge in [0.15, 0.2) is 5.82 Å². The van der Waals surface area contributed by atoms with E-state index in [9.17, 15) is 0 Å². The van der Waals surface area contributed by atoms with Crippen molar-refractivity contribution in [2.45, 2.75) is 58.8 Å². The molecule has 5 heteroatoms. The fourth-order valence-corrected chi connectivity index (χ4v) is 2.47. The van der Waals surface area contributed by atoms with Gasteiger partial charge in [0, 0.05) is 19.0 Å². The van der Waals surface area contributed by atoms with Crippen LogP contribution in [-0.2, 0) is 11.3 Å². The maximum Gasteiger partial charge on any atom is 0.229 e. The van der Waals surface area contributed by atoms with E-state index < -0.39 is 0 Å². The lowest BCUT2D eigenvalue weighted by molar-refractivity contribution is -0.131. The number of rotatable bonds is 3. The summed E-state index contributed by atoms with van der Waals surface area (Å²) >= 11 is 0. The third-order valence-electron chi connectivity index (χ3n) is 2.98. The Morgan fingerprint density at radius 2 is 2.17 bits per heavy atom. The van der Waals surface area contributed by atoms with Crippen LogP contribution in [-0.4, -0.2) is 39.8 Å². The molecule has 1 aliphatic rings. The lowest BCUT2D eigenvalue weighted by Crippen LogP contribution is -2.51. The Morgan fingerprint density at radius 3 is 2.72 bits per heavy atom. The summed E-state index contributed by atoms with van der Waals surface area (Å²) in [6.45, 7) is 13.0. The molecule has 1 atom stereocenters. The Balaban J connectivity index is 2.00. The van der Waals surface area contributed by atoms with Crippen LogP contribution in [0, 0.1) is 0 Å². The van der Waals surface area contributed by atoms with Crippen LogP contribution in [0.1, 0.15) is 52.3 Å². The molecule has 0 saturated carbocycles. The van der Waals surface area contributed by atoms with Crippen molar-refractivity contribution >= 4 is 0 Å². The second-order valence-electron chi connectivity index (χ2n) is 6.06. The zero-order valence-electron chi connectivity index (χ0n) is 11.9. The molecule has 1 aliphatic heterocycles. The van der Waals surface area contributed by atoms with Gasteiger partial charge in [-0.25, -0.2) is 0 Å². The normalized spacial score (nSPS) is 24.7. The van der Waals surface area contributed by atoms with Crippen LogP contribution in [0.5, 0.6) is 0 Å². The highest BCUT2D eigenvalue weighted by Gasteiger charge is 2.31. The SMILES string of the molecule is CC1CN(Cc2noc(C(C)C)n2)CC(C)(C)O1. The molecule has 0 N–H and O–H groups in total. The van der Waals surface area contributed by atoms with Crippen LogP contribution >= 0.6 is 0 Å². The molecule has 1 aromatic heterocycles. The molecule has 2 rings (SSSR count). The van der Waals surface area contributed by atoms with Gasteiger partial charge in [0.1, 0.15) is 0 Å². The number of hydrogen-bond acceptors (Lipinski definition) is 5. The molecular weight excluding hydrogens is 230 g/mol. The first kappa shape index (κ1) is 13.5. The summed E-state index contributed by atoms with van der Waals surface area (Å²) in [4.78, 5) is 6.74. The Bertz CT molecular complexity index is 401. The third kappa shape index (κ3) is 3.29. The fraction of sp³-hybridized carbons (Fsp3) is 0.846. The number of ether oxygens (including phenoxy) is 1. The minimum atomic E-state index is -0.109. The Kier molecular flexibility index (Phi) is 3.73. The maximum absolute atomic E-state index is 5.88. The van der Waals surface area contributed by atoms with E-state index in [0.717, 1.165) is 25.5 Å². The first-order valence-electron chi connectivity index (χ1n) is 6.58. The zero-order valence-corrected chi connectivity index (χ0v) is 11.9. The largest absolute Gasteiger partial charge is 0.370 e. The van der Waals surface area contributed by atoms with Crippen molar-refractivity contribution in [3.05, 3.63) is 11.7 Å². The minimum Gasteiger partial charge on any atom is -0.370 e. The molecule has 0 aliphatic carbocycles. The van der Waals surface area contributed by atoms with E-state index >= 15 is 0 Å². The summed E-state index contributed by atoms with van der Waals surface area (Å²) in [5.74, 6) is 1.76. The van der Waals surface area contributed by atoms with Crippen LogP contribution in [0.25, 0.3) is 0 Å². The van der Waals surface area contributed by atoms with Gasteiger partial charge in [-0.05, 0) is 20.8 Å². The van der Waals surface area contributed by atoms with Gasteiger partial charge in [0.05, 0.1) is 18.2 Å². The molecule has 1 saturated heterocycles. The van der Waals surface area contributed by atoms with E-state index in [1.807, 2.05) is 0 Å². The van der Waals surface area contributed by atoms with Crippen LogP contribution in [0.4, 0.5) is 0 Å². The lowest BCUT2D eigenvalue weighted by Gasteiger charge is -2.41. The molecular formula is C13H23N3O2. The Hall–Kier alpha value is -0.940. The molecule has 0 radical (unpaired) electrons. The topological polar surface area (TPSA) is 51.4 Å². The Morgan fingerprint density at radius 1 is 1.44 bits per heavy atom. The fourth-order valence-electron chi connectivity index (χ4n) is 2.47. The number of aromatic nitrogens is 2. The maximum atomic E-state index is 5.88. The van der Waals surface area contributed by atoms with Gasteiger partial charge in [0.2, 0.25) is 5.89 Å². The molecule has 1 unspecified atom stereocenters.